The summed E-state index contributed by atoms with van der Waals surface area (Å²) >= 11 is 22.6. The third-order valence-corrected chi connectivity index (χ3v) is 17.4. The molecular formula is C65H61Br7FN7O17. The number of carbonyl (C=O) groups excluding carboxylic acids is 7. The van der Waals surface area contributed by atoms with Crippen molar-refractivity contribution in [1.82, 2.24) is 34.9 Å². The number of rotatable bonds is 13. The fourth-order valence-electron chi connectivity index (χ4n) is 8.68. The van der Waals surface area contributed by atoms with E-state index in [1.165, 1.54) is 44.8 Å². The molecule has 0 fully saturated rings. The third-order valence-electron chi connectivity index (χ3n) is 13.2. The number of carbonyl (C=O) groups is 10. The first-order chi connectivity index (χ1) is 45.7. The second kappa shape index (κ2) is 40.9. The Labute approximate surface area is 614 Å². The van der Waals surface area contributed by atoms with Gasteiger partial charge in [-0.3, -0.25) is 49.1 Å². The summed E-state index contributed by atoms with van der Waals surface area (Å²) in [6.07, 6.45) is 17.8. The molecule has 0 unspecified atom stereocenters. The summed E-state index contributed by atoms with van der Waals surface area (Å²) in [6, 6.07) is 2.69. The molecule has 0 saturated carbocycles. The zero-order valence-corrected chi connectivity index (χ0v) is 64.4. The van der Waals surface area contributed by atoms with Crippen LogP contribution in [0.5, 0.6) is 0 Å². The van der Waals surface area contributed by atoms with Crippen LogP contribution in [0.25, 0.3) is 6.08 Å². The largest absolute Gasteiger partial charge is 0.478 e. The van der Waals surface area contributed by atoms with Gasteiger partial charge in [0.25, 0.3) is 0 Å². The number of hydrogen-bond acceptors (Lipinski definition) is 21. The number of hydrogen-bond donors (Lipinski definition) is 3. The summed E-state index contributed by atoms with van der Waals surface area (Å²) in [6.45, 7) is 14.5. The number of esters is 4. The molecule has 0 amide bonds. The number of carboxylic acids is 3. The van der Waals surface area contributed by atoms with E-state index in [9.17, 15) is 52.3 Å². The predicted molar refractivity (Wildman–Crippen MR) is 377 cm³/mol. The molecule has 7 heterocycles. The highest BCUT2D eigenvalue weighted by Gasteiger charge is 2.26. The first kappa shape index (κ1) is 83.6. The average Bonchev–Trinajstić information content (AvgIpc) is 1.37. The highest BCUT2D eigenvalue weighted by atomic mass is 79.9. The van der Waals surface area contributed by atoms with Crippen molar-refractivity contribution < 1.29 is 86.6 Å². The van der Waals surface area contributed by atoms with Crippen molar-refractivity contribution in [3.63, 3.8) is 0 Å². The van der Waals surface area contributed by atoms with Gasteiger partial charge >= 0.3 is 41.8 Å². The summed E-state index contributed by atoms with van der Waals surface area (Å²) in [7, 11) is 2.61. The first-order valence-corrected chi connectivity index (χ1v) is 33.8. The van der Waals surface area contributed by atoms with E-state index in [0.29, 0.717) is 106 Å². The number of ketones is 2. The molecule has 0 saturated heterocycles. The van der Waals surface area contributed by atoms with E-state index in [2.05, 4.69) is 146 Å². The predicted octanol–water partition coefficient (Wildman–Crippen LogP) is 14.7. The minimum absolute atomic E-state index is 0.0515. The Morgan fingerprint density at radius 2 is 0.918 bits per heavy atom. The van der Waals surface area contributed by atoms with Crippen LogP contribution in [0.1, 0.15) is 172 Å². The number of Topliss-reactive ketones (excluding diaryl/α,β-unsaturated/α-hetero) is 2. The van der Waals surface area contributed by atoms with Crippen molar-refractivity contribution in [3.8, 4) is 0 Å². The Hall–Kier alpha value is -7.62. The van der Waals surface area contributed by atoms with Gasteiger partial charge in [-0.2, -0.15) is 4.39 Å². The van der Waals surface area contributed by atoms with Gasteiger partial charge < -0.3 is 34.3 Å². The fourth-order valence-corrected chi connectivity index (χ4v) is 11.7. The number of aryl methyl sites for hydroxylation is 6. The van der Waals surface area contributed by atoms with Crippen LogP contribution in [0.15, 0.2) is 92.9 Å². The van der Waals surface area contributed by atoms with Crippen molar-refractivity contribution in [1.29, 1.82) is 0 Å². The van der Waals surface area contributed by atoms with E-state index in [1.54, 1.807) is 72.5 Å². The number of halogens is 8. The summed E-state index contributed by atoms with van der Waals surface area (Å²) < 4.78 is 36.4. The third kappa shape index (κ3) is 24.7. The van der Waals surface area contributed by atoms with E-state index in [1.807, 2.05) is 13.8 Å². The fraction of sp³-hybridized carbons (Fsp3) is 0.277. The molecule has 97 heavy (non-hydrogen) atoms. The number of aromatic nitrogens is 7. The van der Waals surface area contributed by atoms with Gasteiger partial charge in [0.05, 0.1) is 72.5 Å². The maximum atomic E-state index is 12.5. The number of pyridine rings is 7. The number of fused-ring (bicyclic) bond motifs is 2. The molecule has 0 atom stereocenters. The smallest absolute Gasteiger partial charge is 0.340 e. The van der Waals surface area contributed by atoms with Crippen molar-refractivity contribution >= 4 is 177 Å². The molecule has 24 nitrogen and oxygen atoms in total. The van der Waals surface area contributed by atoms with E-state index < -0.39 is 47.3 Å². The first-order valence-electron chi connectivity index (χ1n) is 28.2. The van der Waals surface area contributed by atoms with Gasteiger partial charge in [-0.15, -0.1) is 0 Å². The molecule has 7 aromatic rings. The van der Waals surface area contributed by atoms with Crippen LogP contribution in [0, 0.1) is 47.5 Å². The number of nitrogens with zero attached hydrogens (tertiary/aromatic N) is 7. The van der Waals surface area contributed by atoms with Gasteiger partial charge in [0.2, 0.25) is 5.95 Å². The highest BCUT2D eigenvalue weighted by Crippen LogP contribution is 2.32. The van der Waals surface area contributed by atoms with Crippen LogP contribution in [-0.2, 0) is 47.8 Å². The lowest BCUT2D eigenvalue weighted by atomic mass is 10.0. The minimum Gasteiger partial charge on any atom is -0.478 e. The molecule has 0 aliphatic heterocycles. The molecule has 0 bridgehead atoms. The lowest BCUT2D eigenvalue weighted by Gasteiger charge is -2.12. The van der Waals surface area contributed by atoms with E-state index >= 15 is 0 Å². The summed E-state index contributed by atoms with van der Waals surface area (Å²) in [5, 5.41) is 25.8. The molecule has 32 heteroatoms. The van der Waals surface area contributed by atoms with Crippen LogP contribution in [0.3, 0.4) is 0 Å². The molecule has 2 aliphatic carbocycles. The lowest BCUT2D eigenvalue weighted by molar-refractivity contribution is -0.143. The normalized spacial score (nSPS) is 11.2. The molecule has 0 radical (unpaired) electrons. The molecular weight excluding hydrogens is 1730 g/mol. The average molecular weight is 1790 g/mol. The number of aromatic carboxylic acids is 3. The Morgan fingerprint density at radius 3 is 1.34 bits per heavy atom. The van der Waals surface area contributed by atoms with Crippen LogP contribution >= 0.6 is 112 Å². The SMILES string of the molecule is CCOC(=O)/C=C/c1c(Br)cnc(C)c1C(=O)OC.CCOC(=O)CCc1c(Br)cnc(C)c1C(=O)OC.Cc1ncc(Br)c(C=O)c1C(=O)O.Cc1ncc(Br)c2c1C(=O)CC2.Cc1ncc(Br)c2c1C(=O)CC2.Cc1ncc(Br)cc1C(=O)O.O=C(O)c1cc(Br)cnc1F. The van der Waals surface area contributed by atoms with Gasteiger partial charge in [0.15, 0.2) is 17.9 Å². The Bertz CT molecular complexity index is 4050. The Morgan fingerprint density at radius 1 is 0.505 bits per heavy atom. The maximum Gasteiger partial charge on any atom is 0.340 e. The topological polar surface area (TPSA) is 359 Å². The standard InChI is InChI=1S/C13H16BrNO4.C13H14BrNO4.2C9H8BrNO.C8H6BrNO3.C7H6BrNO2.C6H3BrFNO2/c2*1-4-19-11(16)6-5-9-10(14)7-15-8(2)12(9)13(17)18-3;2*1-5-9-6(2-3-8(9)12)7(10)4-11-5;1-4-7(8(12)13)5(3-11)6(9)2-10-4;1-4-6(7(10)11)2-5(8)3-9-4;7-3-1-4(6(10)11)5(8)9-2-3/h7H,4-6H2,1-3H3;5-7H,4H2,1-3H3;2*4H,2-3H2,1H3;2-3H,1H3,(H,12,13);2-3H,1H3,(H,10,11);1-2H,(H,10,11)/b;6-5+;;;;;. The van der Waals surface area contributed by atoms with Crippen LogP contribution in [0.4, 0.5) is 4.39 Å². The molecule has 2 aliphatic rings. The molecule has 0 aromatic carbocycles. The summed E-state index contributed by atoms with van der Waals surface area (Å²) in [5.41, 5.74) is 9.47. The van der Waals surface area contributed by atoms with Gasteiger partial charge in [-0.05, 0) is 221 Å². The van der Waals surface area contributed by atoms with E-state index in [0.717, 1.165) is 61.5 Å². The van der Waals surface area contributed by atoms with Crippen LogP contribution in [0.2, 0.25) is 0 Å². The Kier molecular flexibility index (Phi) is 35.3. The van der Waals surface area contributed by atoms with Crippen molar-refractivity contribution in [2.24, 2.45) is 0 Å². The lowest BCUT2D eigenvalue weighted by Crippen LogP contribution is -2.12. The second-order valence-corrected chi connectivity index (χ2v) is 25.7. The van der Waals surface area contributed by atoms with E-state index in [4.69, 9.17) is 34.3 Å². The monoisotopic (exact) mass is 1780 g/mol. The van der Waals surface area contributed by atoms with Crippen molar-refractivity contribution in [3.05, 3.63) is 200 Å². The number of carboxylic acid groups (broad SMARTS) is 3. The highest BCUT2D eigenvalue weighted by molar-refractivity contribution is 9.11. The van der Waals surface area contributed by atoms with E-state index in [-0.39, 0.29) is 40.6 Å². The molecule has 3 N–H and O–H groups in total. The molecule has 514 valence electrons. The second-order valence-electron chi connectivity index (χ2n) is 19.6. The zero-order chi connectivity index (χ0) is 73.1. The maximum absolute atomic E-state index is 12.5. The Balaban J connectivity index is 0.000000298. The van der Waals surface area contributed by atoms with Gasteiger partial charge in [0, 0.05) is 134 Å². The molecule has 9 rings (SSSR count). The van der Waals surface area contributed by atoms with Gasteiger partial charge in [-0.1, -0.05) is 0 Å². The van der Waals surface area contributed by atoms with Gasteiger partial charge in [-0.25, -0.2) is 33.8 Å². The van der Waals surface area contributed by atoms with Gasteiger partial charge in [0.1, 0.15) is 5.56 Å². The summed E-state index contributed by atoms with van der Waals surface area (Å²) in [5.74, 6) is -5.64. The van der Waals surface area contributed by atoms with Crippen LogP contribution < -0.4 is 0 Å². The number of aldehydes is 1. The zero-order valence-electron chi connectivity index (χ0n) is 53.3. The quantitative estimate of drug-likeness (QED) is 0.0317. The number of ether oxygens (including phenoxy) is 4. The van der Waals surface area contributed by atoms with Crippen LogP contribution in [-0.4, -0.2) is 137 Å². The summed E-state index contributed by atoms with van der Waals surface area (Å²) in [4.78, 5) is 138. The van der Waals surface area contributed by atoms with Crippen molar-refractivity contribution in [2.75, 3.05) is 27.4 Å². The minimum atomic E-state index is -1.32. The number of methoxy groups -OCH3 is 2. The van der Waals surface area contributed by atoms with Crippen molar-refractivity contribution in [2.45, 2.75) is 93.9 Å². The molecule has 7 aromatic heterocycles. The molecule has 0 spiro atoms.